The third-order valence-electron chi connectivity index (χ3n) is 2.78. The maximum Gasteiger partial charge on any atom is 0.258 e. The summed E-state index contributed by atoms with van der Waals surface area (Å²) in [5.41, 5.74) is 0. The summed E-state index contributed by atoms with van der Waals surface area (Å²) in [4.78, 5) is 11.6. The molecule has 0 saturated carbocycles. The summed E-state index contributed by atoms with van der Waals surface area (Å²) in [6.45, 7) is 3.56. The third-order valence-corrected chi connectivity index (χ3v) is 3.31. The smallest absolute Gasteiger partial charge is 0.258 e. The van der Waals surface area contributed by atoms with Crippen LogP contribution in [0.3, 0.4) is 0 Å². The minimum atomic E-state index is -0.265. The molecule has 0 radical (unpaired) electrons. The van der Waals surface area contributed by atoms with Gasteiger partial charge in [-0.2, -0.15) is 0 Å². The van der Waals surface area contributed by atoms with Crippen molar-refractivity contribution in [3.05, 3.63) is 28.2 Å². The normalized spacial score (nSPS) is 13.7. The molecule has 1 amide bonds. The van der Waals surface area contributed by atoms with E-state index in [-0.39, 0.29) is 31.1 Å². The predicted octanol–water partition coefficient (Wildman–Crippen LogP) is 2.51. The van der Waals surface area contributed by atoms with E-state index in [4.69, 9.17) is 33.0 Å². The Hall–Kier alpha value is -0.970. The second kappa shape index (κ2) is 7.58. The van der Waals surface area contributed by atoms with Crippen molar-refractivity contribution < 1.29 is 14.6 Å². The second-order valence-corrected chi connectivity index (χ2v) is 5.22. The van der Waals surface area contributed by atoms with Crippen LogP contribution in [0.5, 0.6) is 5.75 Å². The van der Waals surface area contributed by atoms with Gasteiger partial charge in [0.25, 0.3) is 5.91 Å². The molecule has 2 unspecified atom stereocenters. The molecular formula is C13H17Cl2NO3. The fraction of sp³-hybridized carbons (Fsp3) is 0.462. The van der Waals surface area contributed by atoms with Gasteiger partial charge in [0.05, 0.1) is 5.02 Å². The topological polar surface area (TPSA) is 58.6 Å². The molecule has 1 rings (SSSR count). The fourth-order valence-corrected chi connectivity index (χ4v) is 1.79. The lowest BCUT2D eigenvalue weighted by atomic mass is 10.1. The first-order valence-corrected chi connectivity index (χ1v) is 6.67. The van der Waals surface area contributed by atoms with Gasteiger partial charge in [-0.15, -0.1) is 0 Å². The number of aliphatic hydroxyl groups is 1. The Morgan fingerprint density at radius 1 is 1.42 bits per heavy atom. The van der Waals surface area contributed by atoms with Crippen LogP contribution in [-0.2, 0) is 4.79 Å². The van der Waals surface area contributed by atoms with Crippen LogP contribution in [-0.4, -0.2) is 30.3 Å². The maximum atomic E-state index is 11.6. The lowest BCUT2D eigenvalue weighted by Gasteiger charge is -2.19. The van der Waals surface area contributed by atoms with Crippen molar-refractivity contribution in [1.82, 2.24) is 5.32 Å². The van der Waals surface area contributed by atoms with Gasteiger partial charge in [-0.3, -0.25) is 4.79 Å². The highest BCUT2D eigenvalue weighted by atomic mass is 35.5. The highest BCUT2D eigenvalue weighted by Crippen LogP contribution is 2.27. The molecule has 2 atom stereocenters. The zero-order valence-corrected chi connectivity index (χ0v) is 12.3. The SMILES string of the molecule is CC(CO)C(C)NC(=O)COc1ccc(Cl)cc1Cl. The number of carbonyl (C=O) groups excluding carboxylic acids is 1. The number of benzene rings is 1. The van der Waals surface area contributed by atoms with Crippen LogP contribution >= 0.6 is 23.2 Å². The van der Waals surface area contributed by atoms with E-state index in [2.05, 4.69) is 5.32 Å². The minimum Gasteiger partial charge on any atom is -0.482 e. The van der Waals surface area contributed by atoms with Gasteiger partial charge in [0.1, 0.15) is 5.75 Å². The van der Waals surface area contributed by atoms with Crippen molar-refractivity contribution in [2.24, 2.45) is 5.92 Å². The summed E-state index contributed by atoms with van der Waals surface area (Å²) in [6, 6.07) is 4.67. The zero-order chi connectivity index (χ0) is 14.4. The van der Waals surface area contributed by atoms with E-state index < -0.39 is 0 Å². The Morgan fingerprint density at radius 2 is 2.11 bits per heavy atom. The molecule has 0 fully saturated rings. The van der Waals surface area contributed by atoms with Crippen LogP contribution in [0.25, 0.3) is 0 Å². The standard InChI is InChI=1S/C13H17Cl2NO3/c1-8(6-17)9(2)16-13(18)7-19-12-4-3-10(14)5-11(12)15/h3-5,8-9,17H,6-7H2,1-2H3,(H,16,18). The highest BCUT2D eigenvalue weighted by Gasteiger charge is 2.14. The van der Waals surface area contributed by atoms with Gasteiger partial charge in [0, 0.05) is 17.7 Å². The van der Waals surface area contributed by atoms with Crippen LogP contribution in [0.2, 0.25) is 10.0 Å². The predicted molar refractivity (Wildman–Crippen MR) is 75.8 cm³/mol. The van der Waals surface area contributed by atoms with E-state index in [1.807, 2.05) is 13.8 Å². The van der Waals surface area contributed by atoms with Gasteiger partial charge in [0.2, 0.25) is 0 Å². The zero-order valence-electron chi connectivity index (χ0n) is 10.8. The number of hydrogen-bond acceptors (Lipinski definition) is 3. The molecule has 0 spiro atoms. The summed E-state index contributed by atoms with van der Waals surface area (Å²) in [5, 5.41) is 12.6. The summed E-state index contributed by atoms with van der Waals surface area (Å²) < 4.78 is 5.30. The highest BCUT2D eigenvalue weighted by molar-refractivity contribution is 6.35. The molecule has 0 bridgehead atoms. The van der Waals surface area contributed by atoms with Crippen LogP contribution in [0.4, 0.5) is 0 Å². The average molecular weight is 306 g/mol. The molecule has 0 heterocycles. The monoisotopic (exact) mass is 305 g/mol. The summed E-state index contributed by atoms with van der Waals surface area (Å²) in [7, 11) is 0. The number of halogens is 2. The van der Waals surface area contributed by atoms with Gasteiger partial charge in [-0.1, -0.05) is 30.1 Å². The van der Waals surface area contributed by atoms with Crippen LogP contribution in [0, 0.1) is 5.92 Å². The average Bonchev–Trinajstić information content (AvgIpc) is 2.36. The molecule has 1 aromatic rings. The number of rotatable bonds is 6. The van der Waals surface area contributed by atoms with Crippen LogP contribution in [0.1, 0.15) is 13.8 Å². The second-order valence-electron chi connectivity index (χ2n) is 4.38. The summed E-state index contributed by atoms with van der Waals surface area (Å²) in [5.74, 6) is 0.131. The Morgan fingerprint density at radius 3 is 2.68 bits per heavy atom. The van der Waals surface area contributed by atoms with Crippen molar-refractivity contribution in [3.63, 3.8) is 0 Å². The van der Waals surface area contributed by atoms with Crippen LogP contribution in [0.15, 0.2) is 18.2 Å². The molecule has 19 heavy (non-hydrogen) atoms. The first-order chi connectivity index (χ1) is 8.93. The maximum absolute atomic E-state index is 11.6. The van der Waals surface area contributed by atoms with Gasteiger partial charge < -0.3 is 15.2 Å². The van der Waals surface area contributed by atoms with Gasteiger partial charge in [-0.25, -0.2) is 0 Å². The lowest BCUT2D eigenvalue weighted by molar-refractivity contribution is -0.124. The van der Waals surface area contributed by atoms with E-state index in [1.165, 1.54) is 0 Å². The van der Waals surface area contributed by atoms with Gasteiger partial charge in [0.15, 0.2) is 6.61 Å². The Bertz CT molecular complexity index is 440. The summed E-state index contributed by atoms with van der Waals surface area (Å²) in [6.07, 6.45) is 0. The first-order valence-electron chi connectivity index (χ1n) is 5.92. The third kappa shape index (κ3) is 5.27. The number of ether oxygens (including phenoxy) is 1. The Balaban J connectivity index is 2.46. The number of amides is 1. The van der Waals surface area contributed by atoms with E-state index in [1.54, 1.807) is 18.2 Å². The number of carbonyl (C=O) groups is 1. The quantitative estimate of drug-likeness (QED) is 0.849. The molecule has 0 saturated heterocycles. The molecule has 0 aromatic heterocycles. The molecule has 1 aromatic carbocycles. The van der Waals surface area contributed by atoms with Crippen molar-refractivity contribution in [3.8, 4) is 5.75 Å². The van der Waals surface area contributed by atoms with E-state index in [0.29, 0.717) is 15.8 Å². The largest absolute Gasteiger partial charge is 0.482 e. The molecule has 0 aliphatic carbocycles. The van der Waals surface area contributed by atoms with Gasteiger partial charge >= 0.3 is 0 Å². The van der Waals surface area contributed by atoms with Crippen molar-refractivity contribution in [2.45, 2.75) is 19.9 Å². The van der Waals surface area contributed by atoms with E-state index >= 15 is 0 Å². The molecule has 0 aliphatic rings. The Kier molecular flexibility index (Phi) is 6.42. The molecule has 106 valence electrons. The number of aliphatic hydroxyl groups excluding tert-OH is 1. The molecule has 2 N–H and O–H groups in total. The minimum absolute atomic E-state index is 0.0110. The van der Waals surface area contributed by atoms with Crippen molar-refractivity contribution in [1.29, 1.82) is 0 Å². The fourth-order valence-electron chi connectivity index (χ4n) is 1.33. The molecular weight excluding hydrogens is 289 g/mol. The number of nitrogens with one attached hydrogen (secondary N) is 1. The first kappa shape index (κ1) is 16.1. The molecule has 0 aliphatic heterocycles. The molecule has 4 nitrogen and oxygen atoms in total. The Labute approximate surface area is 122 Å². The molecule has 6 heteroatoms. The van der Waals surface area contributed by atoms with E-state index in [9.17, 15) is 4.79 Å². The lowest BCUT2D eigenvalue weighted by Crippen LogP contribution is -2.40. The van der Waals surface area contributed by atoms with Crippen LogP contribution < -0.4 is 10.1 Å². The number of hydrogen-bond donors (Lipinski definition) is 2. The van der Waals surface area contributed by atoms with Gasteiger partial charge in [-0.05, 0) is 31.0 Å². The van der Waals surface area contributed by atoms with E-state index in [0.717, 1.165) is 0 Å². The van der Waals surface area contributed by atoms with Crippen molar-refractivity contribution in [2.75, 3.05) is 13.2 Å². The van der Waals surface area contributed by atoms with Crippen molar-refractivity contribution >= 4 is 29.1 Å². The summed E-state index contributed by atoms with van der Waals surface area (Å²) >= 11 is 11.7.